The van der Waals surface area contributed by atoms with Crippen LogP contribution < -0.4 is 5.32 Å². The number of nitrogens with zero attached hydrogens (tertiary/aromatic N) is 1. The van der Waals surface area contributed by atoms with Crippen molar-refractivity contribution in [1.29, 1.82) is 0 Å². The third-order valence-electron chi connectivity index (χ3n) is 7.30. The third-order valence-corrected chi connectivity index (χ3v) is 7.30. The summed E-state index contributed by atoms with van der Waals surface area (Å²) in [5.74, 6) is 2.53. The fraction of sp³-hybridized carbons (Fsp3) is 0.565. The van der Waals surface area contributed by atoms with Crippen molar-refractivity contribution >= 4 is 12.4 Å². The Balaban J connectivity index is 0.00000150. The second kappa shape index (κ2) is 6.34. The molecule has 0 radical (unpaired) electrons. The summed E-state index contributed by atoms with van der Waals surface area (Å²) in [5.41, 5.74) is 8.22. The van der Waals surface area contributed by atoms with Crippen molar-refractivity contribution in [2.45, 2.75) is 57.4 Å². The lowest BCUT2D eigenvalue weighted by Crippen LogP contribution is -2.35. The Bertz CT molecular complexity index is 765. The maximum absolute atomic E-state index is 3.49. The van der Waals surface area contributed by atoms with Crippen molar-refractivity contribution in [3.8, 4) is 0 Å². The summed E-state index contributed by atoms with van der Waals surface area (Å²) < 4.78 is 0. The largest absolute Gasteiger partial charge is 0.387 e. The summed E-state index contributed by atoms with van der Waals surface area (Å²) in [6.07, 6.45) is 23.1. The summed E-state index contributed by atoms with van der Waals surface area (Å²) in [6, 6.07) is 0.579. The summed E-state index contributed by atoms with van der Waals surface area (Å²) in [6.45, 7) is 0.984. The molecule has 1 N–H and O–H groups in total. The Hall–Kier alpha value is -1.41. The van der Waals surface area contributed by atoms with E-state index in [1.54, 1.807) is 22.4 Å². The molecule has 6 rings (SSSR count). The van der Waals surface area contributed by atoms with Crippen LogP contribution in [0, 0.1) is 17.8 Å². The first-order chi connectivity index (χ1) is 12.4. The van der Waals surface area contributed by atoms with Gasteiger partial charge in [0.25, 0.3) is 0 Å². The van der Waals surface area contributed by atoms with Crippen molar-refractivity contribution < 1.29 is 0 Å². The quantitative estimate of drug-likeness (QED) is 0.718. The Labute approximate surface area is 163 Å². The average Bonchev–Trinajstić information content (AvgIpc) is 3.43. The molecule has 0 aromatic carbocycles. The number of rotatable bonds is 2. The molecule has 3 aliphatic carbocycles. The summed E-state index contributed by atoms with van der Waals surface area (Å²) >= 11 is 0. The zero-order chi connectivity index (χ0) is 16.4. The molecule has 2 nitrogen and oxygen atoms in total. The molecule has 0 aromatic heterocycles. The van der Waals surface area contributed by atoms with E-state index in [9.17, 15) is 0 Å². The van der Waals surface area contributed by atoms with E-state index in [2.05, 4.69) is 40.7 Å². The number of fused-ring (bicyclic) bond motifs is 5. The number of halogens is 1. The van der Waals surface area contributed by atoms with E-state index >= 15 is 0 Å². The van der Waals surface area contributed by atoms with E-state index in [-0.39, 0.29) is 12.4 Å². The topological polar surface area (TPSA) is 15.3 Å². The van der Waals surface area contributed by atoms with Crippen molar-refractivity contribution in [1.82, 2.24) is 10.2 Å². The van der Waals surface area contributed by atoms with Crippen LogP contribution in [0.15, 0.2) is 58.6 Å². The number of hydrogen-bond donors (Lipinski definition) is 1. The molecule has 138 valence electrons. The predicted molar refractivity (Wildman–Crippen MR) is 109 cm³/mol. The maximum Gasteiger partial charge on any atom is 0.0588 e. The van der Waals surface area contributed by atoms with Crippen LogP contribution in [-0.2, 0) is 0 Å². The molecular weight excluding hydrogens is 340 g/mol. The molecule has 0 aromatic rings. The van der Waals surface area contributed by atoms with Gasteiger partial charge in [0.2, 0.25) is 0 Å². The SMILES string of the molecule is C1=CC2=CCC3=C4C(CCC3CC3CC3)C3=CNCC=C3N4C2CC1.Cl. The number of allylic oxidation sites excluding steroid dienone is 5. The fourth-order valence-electron chi connectivity index (χ4n) is 5.98. The summed E-state index contributed by atoms with van der Waals surface area (Å²) in [4.78, 5) is 2.80. The Morgan fingerprint density at radius 3 is 2.88 bits per heavy atom. The monoisotopic (exact) mass is 368 g/mol. The molecule has 0 spiro atoms. The van der Waals surface area contributed by atoms with Crippen LogP contribution in [0.2, 0.25) is 0 Å². The van der Waals surface area contributed by atoms with E-state index < -0.39 is 0 Å². The lowest BCUT2D eigenvalue weighted by Gasteiger charge is -2.37. The Kier molecular flexibility index (Phi) is 4.08. The summed E-state index contributed by atoms with van der Waals surface area (Å²) in [5, 5.41) is 3.49. The van der Waals surface area contributed by atoms with E-state index in [0.717, 1.165) is 18.4 Å². The average molecular weight is 369 g/mol. The molecular formula is C23H29ClN2. The van der Waals surface area contributed by atoms with Gasteiger partial charge in [0, 0.05) is 35.6 Å². The zero-order valence-corrected chi connectivity index (χ0v) is 16.2. The highest BCUT2D eigenvalue weighted by Crippen LogP contribution is 2.55. The standard InChI is InChI=1S/C23H28N2.ClH/c1-2-4-21-16(3-1)7-9-18-17(13-15-5-6-15)8-10-19-20-14-24-12-11-22(20)25(21)23(18)19;/h1,3,7,11,14-15,17,19,21,24H,2,4-6,8-10,12-13H2;1H. The Morgan fingerprint density at radius 1 is 1.08 bits per heavy atom. The molecule has 3 aliphatic heterocycles. The van der Waals surface area contributed by atoms with E-state index in [1.807, 2.05) is 0 Å². The highest BCUT2D eigenvalue weighted by molar-refractivity contribution is 5.85. The molecule has 0 amide bonds. The van der Waals surface area contributed by atoms with Gasteiger partial charge in [0.05, 0.1) is 6.04 Å². The van der Waals surface area contributed by atoms with Gasteiger partial charge < -0.3 is 10.2 Å². The minimum Gasteiger partial charge on any atom is -0.387 e. The van der Waals surface area contributed by atoms with Crippen LogP contribution in [0.5, 0.6) is 0 Å². The van der Waals surface area contributed by atoms with Crippen molar-refractivity contribution in [2.24, 2.45) is 17.8 Å². The second-order valence-electron chi connectivity index (χ2n) is 8.79. The first-order valence-electron chi connectivity index (χ1n) is 10.4. The molecule has 2 fully saturated rings. The molecule has 1 saturated heterocycles. The van der Waals surface area contributed by atoms with E-state index in [0.29, 0.717) is 12.0 Å². The fourth-order valence-corrected chi connectivity index (χ4v) is 5.98. The molecule has 6 aliphatic rings. The van der Waals surface area contributed by atoms with Gasteiger partial charge in [0.15, 0.2) is 0 Å². The van der Waals surface area contributed by atoms with Gasteiger partial charge in [-0.05, 0) is 67.6 Å². The molecule has 3 atom stereocenters. The normalized spacial score (nSPS) is 34.4. The minimum absolute atomic E-state index is 0. The predicted octanol–water partition coefficient (Wildman–Crippen LogP) is 5.22. The highest BCUT2D eigenvalue weighted by atomic mass is 35.5. The maximum atomic E-state index is 3.49. The van der Waals surface area contributed by atoms with Gasteiger partial charge in [-0.25, -0.2) is 0 Å². The van der Waals surface area contributed by atoms with Crippen LogP contribution in [0.25, 0.3) is 0 Å². The van der Waals surface area contributed by atoms with Crippen LogP contribution in [0.3, 0.4) is 0 Å². The molecule has 3 heteroatoms. The van der Waals surface area contributed by atoms with Gasteiger partial charge in [-0.1, -0.05) is 31.1 Å². The molecule has 3 unspecified atom stereocenters. The second-order valence-corrected chi connectivity index (χ2v) is 8.79. The van der Waals surface area contributed by atoms with E-state index in [1.165, 1.54) is 57.1 Å². The van der Waals surface area contributed by atoms with Gasteiger partial charge in [-0.15, -0.1) is 12.4 Å². The number of nitrogens with one attached hydrogen (secondary N) is 1. The van der Waals surface area contributed by atoms with Crippen molar-refractivity contribution in [3.05, 3.63) is 58.6 Å². The lowest BCUT2D eigenvalue weighted by atomic mass is 9.75. The van der Waals surface area contributed by atoms with Gasteiger partial charge in [-0.2, -0.15) is 0 Å². The third kappa shape index (κ3) is 2.45. The van der Waals surface area contributed by atoms with Crippen LogP contribution in [0.1, 0.15) is 51.4 Å². The lowest BCUT2D eigenvalue weighted by molar-refractivity contribution is 0.313. The van der Waals surface area contributed by atoms with E-state index in [4.69, 9.17) is 0 Å². The zero-order valence-electron chi connectivity index (χ0n) is 15.4. The van der Waals surface area contributed by atoms with Gasteiger partial charge in [-0.3, -0.25) is 0 Å². The van der Waals surface area contributed by atoms with Gasteiger partial charge in [0.1, 0.15) is 0 Å². The molecule has 3 heterocycles. The summed E-state index contributed by atoms with van der Waals surface area (Å²) in [7, 11) is 0. The smallest absolute Gasteiger partial charge is 0.0588 e. The van der Waals surface area contributed by atoms with Gasteiger partial charge >= 0.3 is 0 Å². The first-order valence-corrected chi connectivity index (χ1v) is 10.4. The van der Waals surface area contributed by atoms with Crippen molar-refractivity contribution in [2.75, 3.05) is 6.54 Å². The first kappa shape index (κ1) is 16.7. The van der Waals surface area contributed by atoms with Crippen LogP contribution >= 0.6 is 12.4 Å². The van der Waals surface area contributed by atoms with Crippen LogP contribution in [-0.4, -0.2) is 17.5 Å². The van der Waals surface area contributed by atoms with Crippen LogP contribution in [0.4, 0.5) is 0 Å². The molecule has 26 heavy (non-hydrogen) atoms. The van der Waals surface area contributed by atoms with Crippen molar-refractivity contribution in [3.63, 3.8) is 0 Å². The number of hydrogen-bond acceptors (Lipinski definition) is 2. The highest BCUT2D eigenvalue weighted by Gasteiger charge is 2.47. The Morgan fingerprint density at radius 2 is 2.00 bits per heavy atom. The minimum atomic E-state index is 0. The number of dihydropyridines is 1. The molecule has 0 bridgehead atoms. The molecule has 1 saturated carbocycles.